The van der Waals surface area contributed by atoms with Gasteiger partial charge in [-0.25, -0.2) is 0 Å². The molecule has 2 aliphatic carbocycles. The lowest BCUT2D eigenvalue weighted by molar-refractivity contribution is 1.44. The van der Waals surface area contributed by atoms with Crippen molar-refractivity contribution in [3.63, 3.8) is 0 Å². The number of thiophene rings is 1. The first-order valence-electron chi connectivity index (χ1n) is 7.69. The molecule has 0 radical (unpaired) electrons. The topological polar surface area (TPSA) is 0 Å². The highest BCUT2D eigenvalue weighted by molar-refractivity contribution is 7.11. The Bertz CT molecular complexity index is 830. The van der Waals surface area contributed by atoms with E-state index >= 15 is 0 Å². The fourth-order valence-corrected chi connectivity index (χ4v) is 3.66. The van der Waals surface area contributed by atoms with Gasteiger partial charge in [-0.1, -0.05) is 78.4 Å². The van der Waals surface area contributed by atoms with Crippen LogP contribution in [0.5, 0.6) is 0 Å². The highest BCUT2D eigenvalue weighted by Gasteiger charge is 2.05. The van der Waals surface area contributed by atoms with E-state index in [1.54, 1.807) is 0 Å². The van der Waals surface area contributed by atoms with Gasteiger partial charge in [-0.15, -0.1) is 11.3 Å². The molecule has 4 rings (SSSR count). The Hall–Kier alpha value is -2.12. The van der Waals surface area contributed by atoms with Crippen LogP contribution in [0.15, 0.2) is 54.6 Å². The minimum Gasteiger partial charge on any atom is -0.136 e. The second-order valence-electron chi connectivity index (χ2n) is 5.39. The summed E-state index contributed by atoms with van der Waals surface area (Å²) < 4.78 is 1.42. The van der Waals surface area contributed by atoms with Crippen LogP contribution in [0.1, 0.15) is 28.8 Å². The lowest BCUT2D eigenvalue weighted by Crippen LogP contribution is -2.19. The molecule has 0 N–H and O–H groups in total. The quantitative estimate of drug-likeness (QED) is 0.662. The third-order valence-corrected chi connectivity index (χ3v) is 4.83. The van der Waals surface area contributed by atoms with Gasteiger partial charge in [0.05, 0.1) is 0 Å². The van der Waals surface area contributed by atoms with Crippen LogP contribution >= 0.6 is 11.3 Å². The van der Waals surface area contributed by atoms with Crippen LogP contribution in [0.2, 0.25) is 0 Å². The minimum atomic E-state index is 1.05. The Morgan fingerprint density at radius 2 is 1.73 bits per heavy atom. The molecule has 0 nitrogen and oxygen atoms in total. The van der Waals surface area contributed by atoms with Crippen LogP contribution in [0, 0.1) is 6.92 Å². The molecule has 1 aromatic carbocycles. The molecule has 110 valence electrons. The zero-order valence-electron chi connectivity index (χ0n) is 12.8. The zero-order valence-corrected chi connectivity index (χ0v) is 13.6. The van der Waals surface area contributed by atoms with Crippen molar-refractivity contribution < 1.29 is 0 Å². The average molecular weight is 304 g/mol. The maximum atomic E-state index is 2.32. The van der Waals surface area contributed by atoms with Gasteiger partial charge in [-0.05, 0) is 36.6 Å². The maximum absolute atomic E-state index is 2.32. The molecule has 0 saturated heterocycles. The Kier molecular flexibility index (Phi) is 4.87. The van der Waals surface area contributed by atoms with Crippen molar-refractivity contribution in [1.29, 1.82) is 0 Å². The maximum Gasteiger partial charge on any atom is 0.0352 e. The van der Waals surface area contributed by atoms with E-state index in [4.69, 9.17) is 0 Å². The van der Waals surface area contributed by atoms with Gasteiger partial charge >= 0.3 is 0 Å². The summed E-state index contributed by atoms with van der Waals surface area (Å²) in [4.78, 5) is 1.40. The van der Waals surface area contributed by atoms with E-state index in [0.717, 1.165) is 12.8 Å². The summed E-state index contributed by atoms with van der Waals surface area (Å²) in [6.45, 7) is 2.08. The van der Waals surface area contributed by atoms with Crippen molar-refractivity contribution in [3.8, 4) is 0 Å². The van der Waals surface area contributed by atoms with Gasteiger partial charge < -0.3 is 0 Å². The lowest BCUT2D eigenvalue weighted by Gasteiger charge is -1.88. The molecule has 0 spiro atoms. The number of allylic oxidation sites excluding steroid dienone is 4. The third kappa shape index (κ3) is 3.55. The SMILES string of the molecule is C1=CCC=c2sc3c(c2=C1)C=CCC=C3.Cc1ccccc1. The van der Waals surface area contributed by atoms with Crippen LogP contribution < -0.4 is 9.75 Å². The molecule has 1 heterocycles. The molecule has 1 heteroatoms. The minimum absolute atomic E-state index is 1.05. The smallest absolute Gasteiger partial charge is 0.0352 e. The molecule has 0 unspecified atom stereocenters. The van der Waals surface area contributed by atoms with E-state index in [0.29, 0.717) is 0 Å². The van der Waals surface area contributed by atoms with Gasteiger partial charge in [0, 0.05) is 9.41 Å². The molecule has 0 fully saturated rings. The Morgan fingerprint density at radius 1 is 0.909 bits per heavy atom. The highest BCUT2D eigenvalue weighted by atomic mass is 32.1. The van der Waals surface area contributed by atoms with E-state index in [1.165, 1.54) is 25.8 Å². The highest BCUT2D eigenvalue weighted by Crippen LogP contribution is 2.17. The second-order valence-corrected chi connectivity index (χ2v) is 6.47. The monoisotopic (exact) mass is 304 g/mol. The van der Waals surface area contributed by atoms with Crippen LogP contribution in [-0.2, 0) is 0 Å². The first-order chi connectivity index (χ1) is 10.8. The van der Waals surface area contributed by atoms with Gasteiger partial charge in [0.25, 0.3) is 0 Å². The van der Waals surface area contributed by atoms with Gasteiger partial charge in [0.1, 0.15) is 0 Å². The second kappa shape index (κ2) is 7.24. The van der Waals surface area contributed by atoms with E-state index in [9.17, 15) is 0 Å². The van der Waals surface area contributed by atoms with Gasteiger partial charge in [0.15, 0.2) is 0 Å². The first-order valence-corrected chi connectivity index (χ1v) is 8.51. The molecule has 2 aliphatic rings. The van der Waals surface area contributed by atoms with Crippen molar-refractivity contribution in [2.45, 2.75) is 19.8 Å². The number of aryl methyl sites for hydroxylation is 1. The van der Waals surface area contributed by atoms with Crippen LogP contribution in [0.3, 0.4) is 0 Å². The number of rotatable bonds is 0. The summed E-state index contributed by atoms with van der Waals surface area (Å²) in [6, 6.07) is 10.3. The molecule has 22 heavy (non-hydrogen) atoms. The van der Waals surface area contributed by atoms with Crippen molar-refractivity contribution in [3.05, 3.63) is 80.4 Å². The molecule has 1 aromatic heterocycles. The largest absolute Gasteiger partial charge is 0.136 e. The van der Waals surface area contributed by atoms with Crippen molar-refractivity contribution >= 4 is 35.6 Å². The standard InChI is InChI=1S/C14H12S.C7H8/c1-3-7-11-12-8-4-2-6-10-14(12)15-13(11)9-5-1;1-7-5-3-2-4-6-7/h1,3-4,6-10H,2,5H2;2-6H,1H3. The molecule has 0 amide bonds. The molecular formula is C21H20S. The van der Waals surface area contributed by atoms with Crippen LogP contribution in [-0.4, -0.2) is 0 Å². The Balaban J connectivity index is 0.000000174. The predicted octanol–water partition coefficient (Wildman–Crippen LogP) is 4.69. The fourth-order valence-electron chi connectivity index (χ4n) is 2.50. The summed E-state index contributed by atoms with van der Waals surface area (Å²) in [5.41, 5.74) is 2.72. The van der Waals surface area contributed by atoms with Crippen LogP contribution in [0.25, 0.3) is 24.3 Å². The van der Waals surface area contributed by atoms with Crippen molar-refractivity contribution in [2.24, 2.45) is 0 Å². The normalized spacial score (nSPS) is 14.4. The molecule has 2 aromatic rings. The summed E-state index contributed by atoms with van der Waals surface area (Å²) in [6.07, 6.45) is 20.0. The average Bonchev–Trinajstić information content (AvgIpc) is 2.74. The third-order valence-electron chi connectivity index (χ3n) is 3.65. The number of fused-ring (bicyclic) bond motifs is 3. The Morgan fingerprint density at radius 3 is 2.50 bits per heavy atom. The van der Waals surface area contributed by atoms with E-state index in [1.807, 2.05) is 29.5 Å². The molecule has 0 atom stereocenters. The van der Waals surface area contributed by atoms with E-state index in [2.05, 4.69) is 67.7 Å². The Labute approximate surface area is 136 Å². The fraction of sp³-hybridized carbons (Fsp3) is 0.143. The lowest BCUT2D eigenvalue weighted by atomic mass is 10.2. The van der Waals surface area contributed by atoms with Crippen molar-refractivity contribution in [1.82, 2.24) is 0 Å². The molecule has 0 aliphatic heterocycles. The van der Waals surface area contributed by atoms with Crippen molar-refractivity contribution in [2.75, 3.05) is 0 Å². The van der Waals surface area contributed by atoms with Gasteiger partial charge in [0.2, 0.25) is 0 Å². The zero-order chi connectivity index (χ0) is 15.2. The van der Waals surface area contributed by atoms with Crippen LogP contribution in [0.4, 0.5) is 0 Å². The summed E-state index contributed by atoms with van der Waals surface area (Å²) in [7, 11) is 0. The predicted molar refractivity (Wildman–Crippen MR) is 100 cm³/mol. The number of hydrogen-bond acceptors (Lipinski definition) is 1. The summed E-state index contributed by atoms with van der Waals surface area (Å²) >= 11 is 1.90. The number of benzene rings is 1. The summed E-state index contributed by atoms with van der Waals surface area (Å²) in [5.74, 6) is 0. The van der Waals surface area contributed by atoms with Gasteiger partial charge in [-0.3, -0.25) is 0 Å². The van der Waals surface area contributed by atoms with E-state index < -0.39 is 0 Å². The summed E-state index contributed by atoms with van der Waals surface area (Å²) in [5, 5.41) is 1.39. The van der Waals surface area contributed by atoms with E-state index in [-0.39, 0.29) is 0 Å². The molecular weight excluding hydrogens is 284 g/mol. The molecule has 0 bridgehead atoms. The van der Waals surface area contributed by atoms with Gasteiger partial charge in [-0.2, -0.15) is 0 Å². The number of hydrogen-bond donors (Lipinski definition) is 0. The first kappa shape index (κ1) is 14.8. The molecule has 0 saturated carbocycles.